The molecule has 1 aromatic heterocycles. The van der Waals surface area contributed by atoms with E-state index in [9.17, 15) is 9.18 Å². The van der Waals surface area contributed by atoms with Crippen molar-refractivity contribution in [3.63, 3.8) is 0 Å². The summed E-state index contributed by atoms with van der Waals surface area (Å²) in [7, 11) is 0. The molecule has 1 saturated heterocycles. The average Bonchev–Trinajstić information content (AvgIpc) is 3.10. The van der Waals surface area contributed by atoms with Crippen LogP contribution in [0.5, 0.6) is 0 Å². The van der Waals surface area contributed by atoms with E-state index < -0.39 is 5.82 Å². The second-order valence-electron chi connectivity index (χ2n) is 6.26. The zero-order valence-corrected chi connectivity index (χ0v) is 15.9. The minimum atomic E-state index is -0.641. The minimum absolute atomic E-state index is 0.0836. The van der Waals surface area contributed by atoms with Crippen molar-refractivity contribution in [3.8, 4) is 0 Å². The zero-order chi connectivity index (χ0) is 17.8. The molecule has 0 unspecified atom stereocenters. The van der Waals surface area contributed by atoms with Crippen LogP contribution in [0.2, 0.25) is 10.0 Å². The van der Waals surface area contributed by atoms with Gasteiger partial charge in [-0.05, 0) is 55.4 Å². The smallest absolute Gasteiger partial charge is 0.252 e. The predicted octanol–water partition coefficient (Wildman–Crippen LogP) is 4.84. The molecule has 3 rings (SSSR count). The third-order valence-electron chi connectivity index (χ3n) is 4.47. The predicted molar refractivity (Wildman–Crippen MR) is 101 cm³/mol. The van der Waals surface area contributed by atoms with Crippen molar-refractivity contribution in [2.75, 3.05) is 19.6 Å². The van der Waals surface area contributed by atoms with Gasteiger partial charge in [-0.15, -0.1) is 11.3 Å². The summed E-state index contributed by atoms with van der Waals surface area (Å²) >= 11 is 13.4. The number of halogens is 3. The maximum atomic E-state index is 13.5. The third-order valence-corrected chi connectivity index (χ3v) is 5.94. The second kappa shape index (κ2) is 8.49. The van der Waals surface area contributed by atoms with E-state index in [2.05, 4.69) is 27.7 Å². The molecular formula is C18H19Cl2FN2OS. The molecule has 0 bridgehead atoms. The van der Waals surface area contributed by atoms with Gasteiger partial charge >= 0.3 is 0 Å². The number of amides is 1. The molecule has 0 aliphatic carbocycles. The van der Waals surface area contributed by atoms with E-state index in [1.165, 1.54) is 10.9 Å². The fourth-order valence-electron chi connectivity index (χ4n) is 3.00. The number of carbonyl (C=O) groups is 1. The van der Waals surface area contributed by atoms with Crippen LogP contribution >= 0.6 is 34.5 Å². The van der Waals surface area contributed by atoms with Gasteiger partial charge < -0.3 is 5.32 Å². The summed E-state index contributed by atoms with van der Waals surface area (Å²) in [6, 6.07) is 6.58. The molecule has 0 saturated carbocycles. The van der Waals surface area contributed by atoms with E-state index in [1.54, 1.807) is 11.3 Å². The number of hydrogen-bond donors (Lipinski definition) is 1. The first kappa shape index (κ1) is 18.6. The monoisotopic (exact) mass is 400 g/mol. The van der Waals surface area contributed by atoms with Gasteiger partial charge in [-0.2, -0.15) is 0 Å². The molecule has 1 aliphatic heterocycles. The fraction of sp³-hybridized carbons (Fsp3) is 0.389. The van der Waals surface area contributed by atoms with Crippen molar-refractivity contribution < 1.29 is 9.18 Å². The Morgan fingerprint density at radius 3 is 2.72 bits per heavy atom. The Labute approximate surface area is 160 Å². The van der Waals surface area contributed by atoms with Crippen LogP contribution in [0, 0.1) is 11.7 Å². The topological polar surface area (TPSA) is 32.3 Å². The second-order valence-corrected chi connectivity index (χ2v) is 8.10. The normalized spacial score (nSPS) is 16.1. The fourth-order valence-corrected chi connectivity index (χ4v) is 4.22. The number of likely N-dealkylation sites (tertiary alicyclic amines) is 1. The summed E-state index contributed by atoms with van der Waals surface area (Å²) in [6.07, 6.45) is 2.07. The molecule has 2 heterocycles. The summed E-state index contributed by atoms with van der Waals surface area (Å²) in [4.78, 5) is 16.1. The van der Waals surface area contributed by atoms with E-state index in [1.807, 2.05) is 0 Å². The number of hydrogen-bond acceptors (Lipinski definition) is 3. The molecule has 0 radical (unpaired) electrons. The van der Waals surface area contributed by atoms with E-state index in [-0.39, 0.29) is 21.5 Å². The van der Waals surface area contributed by atoms with Crippen molar-refractivity contribution in [3.05, 3.63) is 55.9 Å². The van der Waals surface area contributed by atoms with Gasteiger partial charge in [-0.1, -0.05) is 29.3 Å². The molecule has 1 aliphatic rings. The van der Waals surface area contributed by atoms with Crippen LogP contribution < -0.4 is 5.32 Å². The van der Waals surface area contributed by atoms with Gasteiger partial charge in [0.25, 0.3) is 5.91 Å². The Hall–Kier alpha value is -1.14. The van der Waals surface area contributed by atoms with Crippen molar-refractivity contribution in [2.45, 2.75) is 19.4 Å². The highest BCUT2D eigenvalue weighted by Gasteiger charge is 2.21. The van der Waals surface area contributed by atoms with Gasteiger partial charge in [-0.3, -0.25) is 9.69 Å². The first-order valence-corrected chi connectivity index (χ1v) is 9.84. The Kier molecular flexibility index (Phi) is 6.34. The third kappa shape index (κ3) is 4.94. The minimum Gasteiger partial charge on any atom is -0.352 e. The number of thiophene rings is 1. The molecular weight excluding hydrogens is 382 g/mol. The first-order chi connectivity index (χ1) is 12.0. The van der Waals surface area contributed by atoms with Crippen LogP contribution in [0.3, 0.4) is 0 Å². The maximum Gasteiger partial charge on any atom is 0.252 e. The molecule has 1 N–H and O–H groups in total. The molecule has 3 nitrogen and oxygen atoms in total. The largest absolute Gasteiger partial charge is 0.352 e. The first-order valence-electron chi connectivity index (χ1n) is 8.20. The van der Waals surface area contributed by atoms with Gasteiger partial charge in [0, 0.05) is 18.0 Å². The number of nitrogens with zero attached hydrogens (tertiary/aromatic N) is 1. The quantitative estimate of drug-likeness (QED) is 0.728. The van der Waals surface area contributed by atoms with Crippen molar-refractivity contribution in [1.29, 1.82) is 0 Å². The lowest BCUT2D eigenvalue weighted by atomic mass is 9.96. The summed E-state index contributed by atoms with van der Waals surface area (Å²) in [6.45, 7) is 3.62. The van der Waals surface area contributed by atoms with Crippen LogP contribution in [0.1, 0.15) is 28.1 Å². The Morgan fingerprint density at radius 2 is 2.04 bits per heavy atom. The summed E-state index contributed by atoms with van der Waals surface area (Å²) in [5.41, 5.74) is 0.124. The molecule has 0 atom stereocenters. The standard InChI is InChI=1S/C18H19Cl2FN2OS/c19-15-9-16(20)17(21)8-14(15)18(24)22-10-12-3-5-23(6-4-12)11-13-2-1-7-25-13/h1-2,7-9,12H,3-6,10-11H2,(H,22,24). The highest BCUT2D eigenvalue weighted by molar-refractivity contribution is 7.09. The summed E-state index contributed by atoms with van der Waals surface area (Å²) < 4.78 is 13.5. The van der Waals surface area contributed by atoms with E-state index in [4.69, 9.17) is 23.2 Å². The molecule has 1 aromatic carbocycles. The van der Waals surface area contributed by atoms with Gasteiger partial charge in [0.2, 0.25) is 0 Å². The van der Waals surface area contributed by atoms with E-state index >= 15 is 0 Å². The maximum absolute atomic E-state index is 13.5. The van der Waals surface area contributed by atoms with Crippen molar-refractivity contribution in [1.82, 2.24) is 10.2 Å². The highest BCUT2D eigenvalue weighted by Crippen LogP contribution is 2.25. The number of piperidine rings is 1. The lowest BCUT2D eigenvalue weighted by Crippen LogP contribution is -2.38. The van der Waals surface area contributed by atoms with Crippen LogP contribution in [0.25, 0.3) is 0 Å². The summed E-state index contributed by atoms with van der Waals surface area (Å²) in [5.74, 6) is -0.570. The highest BCUT2D eigenvalue weighted by atomic mass is 35.5. The molecule has 0 spiro atoms. The zero-order valence-electron chi connectivity index (χ0n) is 13.6. The lowest BCUT2D eigenvalue weighted by molar-refractivity contribution is 0.0935. The van der Waals surface area contributed by atoms with Crippen LogP contribution in [0.4, 0.5) is 4.39 Å². The van der Waals surface area contributed by atoms with Crippen molar-refractivity contribution >= 4 is 40.4 Å². The van der Waals surface area contributed by atoms with Gasteiger partial charge in [-0.25, -0.2) is 4.39 Å². The molecule has 134 valence electrons. The SMILES string of the molecule is O=C(NCC1CCN(Cc2cccs2)CC1)c1cc(F)c(Cl)cc1Cl. The van der Waals surface area contributed by atoms with Gasteiger partial charge in [0.15, 0.2) is 0 Å². The lowest BCUT2D eigenvalue weighted by Gasteiger charge is -2.31. The molecule has 25 heavy (non-hydrogen) atoms. The van der Waals surface area contributed by atoms with Crippen LogP contribution in [-0.2, 0) is 6.54 Å². The summed E-state index contributed by atoms with van der Waals surface area (Å²) in [5, 5.41) is 5.04. The van der Waals surface area contributed by atoms with Crippen LogP contribution in [-0.4, -0.2) is 30.4 Å². The molecule has 7 heteroatoms. The van der Waals surface area contributed by atoms with Gasteiger partial charge in [0.05, 0.1) is 15.6 Å². The molecule has 1 amide bonds. The Balaban J connectivity index is 1.47. The van der Waals surface area contributed by atoms with Gasteiger partial charge in [0.1, 0.15) is 5.82 Å². The Morgan fingerprint density at radius 1 is 1.28 bits per heavy atom. The molecule has 2 aromatic rings. The molecule has 1 fully saturated rings. The average molecular weight is 401 g/mol. The van der Waals surface area contributed by atoms with Crippen LogP contribution in [0.15, 0.2) is 29.6 Å². The number of nitrogens with one attached hydrogen (secondary N) is 1. The van der Waals surface area contributed by atoms with E-state index in [0.29, 0.717) is 12.5 Å². The van der Waals surface area contributed by atoms with Crippen molar-refractivity contribution in [2.24, 2.45) is 5.92 Å². The number of carbonyl (C=O) groups excluding carboxylic acids is 1. The Bertz CT molecular complexity index is 731. The van der Waals surface area contributed by atoms with E-state index in [0.717, 1.165) is 38.5 Å². The number of rotatable bonds is 5. The number of benzene rings is 1.